The molecule has 0 heterocycles. The second-order valence-corrected chi connectivity index (χ2v) is 7.29. The van der Waals surface area contributed by atoms with Crippen molar-refractivity contribution in [3.05, 3.63) is 29.8 Å². The highest BCUT2D eigenvalue weighted by Crippen LogP contribution is 2.23. The van der Waals surface area contributed by atoms with Gasteiger partial charge in [-0.05, 0) is 38.6 Å². The Kier molecular flexibility index (Phi) is 5.70. The van der Waals surface area contributed by atoms with Crippen LogP contribution in [0.5, 0.6) is 0 Å². The molecular formula is C15H25NOS. The normalized spacial score (nSPS) is 12.4. The van der Waals surface area contributed by atoms with Gasteiger partial charge in [-0.3, -0.25) is 4.90 Å². The lowest BCUT2D eigenvalue weighted by Gasteiger charge is -2.33. The van der Waals surface area contributed by atoms with Crippen LogP contribution < -0.4 is 0 Å². The van der Waals surface area contributed by atoms with Crippen molar-refractivity contribution in [1.29, 1.82) is 0 Å². The topological polar surface area (TPSA) is 23.5 Å². The first-order chi connectivity index (χ1) is 8.35. The van der Waals surface area contributed by atoms with Crippen molar-refractivity contribution in [3.8, 4) is 0 Å². The molecule has 0 amide bonds. The van der Waals surface area contributed by atoms with Crippen LogP contribution in [0.2, 0.25) is 0 Å². The van der Waals surface area contributed by atoms with Gasteiger partial charge < -0.3 is 5.11 Å². The van der Waals surface area contributed by atoms with Gasteiger partial charge in [0.25, 0.3) is 0 Å². The van der Waals surface area contributed by atoms with Crippen molar-refractivity contribution >= 4 is 11.8 Å². The van der Waals surface area contributed by atoms with Crippen LogP contribution in [-0.4, -0.2) is 34.4 Å². The van der Waals surface area contributed by atoms with E-state index in [0.29, 0.717) is 5.25 Å². The number of aliphatic hydroxyl groups is 1. The van der Waals surface area contributed by atoms with Gasteiger partial charge in [-0.2, -0.15) is 0 Å². The highest BCUT2D eigenvalue weighted by molar-refractivity contribution is 7.99. The molecule has 1 rings (SSSR count). The van der Waals surface area contributed by atoms with Crippen molar-refractivity contribution in [3.63, 3.8) is 0 Å². The van der Waals surface area contributed by atoms with E-state index < -0.39 is 0 Å². The standard InChI is InChI=1S/C15H25NOS/c1-12(2)18-14-8-6-13(7-9-14)10-16(5)15(3,4)11-17/h6-9,12,17H,10-11H2,1-5H3. The lowest BCUT2D eigenvalue weighted by molar-refractivity contribution is 0.0734. The Morgan fingerprint density at radius 1 is 1.22 bits per heavy atom. The summed E-state index contributed by atoms with van der Waals surface area (Å²) in [6.07, 6.45) is 0. The molecule has 0 atom stereocenters. The van der Waals surface area contributed by atoms with Crippen LogP contribution >= 0.6 is 11.8 Å². The minimum Gasteiger partial charge on any atom is -0.394 e. The average Bonchev–Trinajstić information content (AvgIpc) is 2.31. The third-order valence-corrected chi connectivity index (χ3v) is 4.15. The molecule has 0 fully saturated rings. The molecule has 0 aromatic heterocycles. The number of hydrogen-bond donors (Lipinski definition) is 1. The Bertz CT molecular complexity index is 359. The van der Waals surface area contributed by atoms with Crippen LogP contribution in [0.15, 0.2) is 29.2 Å². The van der Waals surface area contributed by atoms with Gasteiger partial charge in [-0.25, -0.2) is 0 Å². The Hall–Kier alpha value is -0.510. The van der Waals surface area contributed by atoms with E-state index in [0.717, 1.165) is 6.54 Å². The van der Waals surface area contributed by atoms with Crippen molar-refractivity contribution in [2.24, 2.45) is 0 Å². The highest BCUT2D eigenvalue weighted by atomic mass is 32.2. The molecule has 0 bridgehead atoms. The second kappa shape index (κ2) is 6.60. The van der Waals surface area contributed by atoms with E-state index in [2.05, 4.69) is 56.9 Å². The van der Waals surface area contributed by atoms with Gasteiger partial charge in [0.15, 0.2) is 0 Å². The third-order valence-electron chi connectivity index (χ3n) is 3.14. The van der Waals surface area contributed by atoms with Gasteiger partial charge in [0.2, 0.25) is 0 Å². The number of aliphatic hydroxyl groups excluding tert-OH is 1. The summed E-state index contributed by atoms with van der Waals surface area (Å²) in [6, 6.07) is 8.71. The number of hydrogen-bond acceptors (Lipinski definition) is 3. The maximum absolute atomic E-state index is 9.34. The van der Waals surface area contributed by atoms with Gasteiger partial charge in [0.05, 0.1) is 6.61 Å². The average molecular weight is 267 g/mol. The zero-order chi connectivity index (χ0) is 13.8. The summed E-state index contributed by atoms with van der Waals surface area (Å²) in [5.41, 5.74) is 1.11. The third kappa shape index (κ3) is 4.63. The highest BCUT2D eigenvalue weighted by Gasteiger charge is 2.22. The molecule has 0 aliphatic rings. The Labute approximate surface area is 115 Å². The maximum Gasteiger partial charge on any atom is 0.0610 e. The summed E-state index contributed by atoms with van der Waals surface area (Å²) in [4.78, 5) is 3.50. The fourth-order valence-electron chi connectivity index (χ4n) is 1.55. The van der Waals surface area contributed by atoms with Crippen molar-refractivity contribution < 1.29 is 5.11 Å². The fraction of sp³-hybridized carbons (Fsp3) is 0.600. The number of rotatable bonds is 6. The Morgan fingerprint density at radius 2 is 1.78 bits per heavy atom. The maximum atomic E-state index is 9.34. The lowest BCUT2D eigenvalue weighted by Crippen LogP contribution is -2.43. The first-order valence-corrected chi connectivity index (χ1v) is 7.31. The van der Waals surface area contributed by atoms with Gasteiger partial charge in [-0.1, -0.05) is 26.0 Å². The molecule has 0 saturated carbocycles. The minimum atomic E-state index is -0.175. The van der Waals surface area contributed by atoms with E-state index in [1.165, 1.54) is 10.5 Å². The first kappa shape index (κ1) is 15.5. The largest absolute Gasteiger partial charge is 0.394 e. The number of benzene rings is 1. The molecular weight excluding hydrogens is 242 g/mol. The lowest BCUT2D eigenvalue weighted by atomic mass is 10.0. The van der Waals surface area contributed by atoms with Gasteiger partial charge in [0.1, 0.15) is 0 Å². The number of likely N-dealkylation sites (N-methyl/N-ethyl adjacent to an activating group) is 1. The fourth-order valence-corrected chi connectivity index (χ4v) is 2.39. The van der Waals surface area contributed by atoms with Crippen LogP contribution in [0.3, 0.4) is 0 Å². The second-order valence-electron chi connectivity index (χ2n) is 5.64. The van der Waals surface area contributed by atoms with Crippen LogP contribution in [0.4, 0.5) is 0 Å². The number of thioether (sulfide) groups is 1. The van der Waals surface area contributed by atoms with E-state index in [4.69, 9.17) is 0 Å². The van der Waals surface area contributed by atoms with Crippen LogP contribution in [0, 0.1) is 0 Å². The van der Waals surface area contributed by atoms with Crippen LogP contribution in [0.25, 0.3) is 0 Å². The Morgan fingerprint density at radius 3 is 2.22 bits per heavy atom. The van der Waals surface area contributed by atoms with Crippen molar-refractivity contribution in [2.75, 3.05) is 13.7 Å². The minimum absolute atomic E-state index is 0.171. The summed E-state index contributed by atoms with van der Waals surface area (Å²) in [5.74, 6) is 0. The van der Waals surface area contributed by atoms with E-state index in [9.17, 15) is 5.11 Å². The predicted octanol–water partition coefficient (Wildman–Crippen LogP) is 3.39. The molecule has 18 heavy (non-hydrogen) atoms. The predicted molar refractivity (Wildman–Crippen MR) is 80.1 cm³/mol. The molecule has 3 heteroatoms. The summed E-state index contributed by atoms with van der Waals surface area (Å²) in [6.45, 7) is 9.54. The quantitative estimate of drug-likeness (QED) is 0.799. The number of nitrogens with zero attached hydrogens (tertiary/aromatic N) is 1. The molecule has 0 aliphatic carbocycles. The molecule has 0 radical (unpaired) electrons. The van der Waals surface area contributed by atoms with Crippen molar-refractivity contribution in [2.45, 2.75) is 49.9 Å². The summed E-state index contributed by atoms with van der Waals surface area (Å²) >= 11 is 1.88. The molecule has 0 aliphatic heterocycles. The van der Waals surface area contributed by atoms with E-state index in [-0.39, 0.29) is 12.1 Å². The molecule has 0 saturated heterocycles. The molecule has 102 valence electrons. The molecule has 1 aromatic carbocycles. The van der Waals surface area contributed by atoms with Gasteiger partial charge in [-0.15, -0.1) is 11.8 Å². The van der Waals surface area contributed by atoms with Crippen LogP contribution in [0.1, 0.15) is 33.3 Å². The van der Waals surface area contributed by atoms with E-state index in [1.807, 2.05) is 18.8 Å². The Balaban J connectivity index is 2.64. The molecule has 0 spiro atoms. The zero-order valence-corrected chi connectivity index (χ0v) is 12.9. The summed E-state index contributed by atoms with van der Waals surface area (Å²) in [5, 5.41) is 9.96. The van der Waals surface area contributed by atoms with Gasteiger partial charge in [0, 0.05) is 22.2 Å². The van der Waals surface area contributed by atoms with Crippen LogP contribution in [-0.2, 0) is 6.54 Å². The van der Waals surface area contributed by atoms with E-state index in [1.54, 1.807) is 0 Å². The molecule has 0 unspecified atom stereocenters. The molecule has 1 N–H and O–H groups in total. The SMILES string of the molecule is CC(C)Sc1ccc(CN(C)C(C)(C)CO)cc1. The zero-order valence-electron chi connectivity index (χ0n) is 12.1. The van der Waals surface area contributed by atoms with E-state index >= 15 is 0 Å². The smallest absolute Gasteiger partial charge is 0.0610 e. The molecule has 2 nitrogen and oxygen atoms in total. The summed E-state index contributed by atoms with van der Waals surface area (Å²) in [7, 11) is 2.05. The monoisotopic (exact) mass is 267 g/mol. The first-order valence-electron chi connectivity index (χ1n) is 6.43. The van der Waals surface area contributed by atoms with Crippen molar-refractivity contribution in [1.82, 2.24) is 4.90 Å². The molecule has 1 aromatic rings. The summed E-state index contributed by atoms with van der Waals surface area (Å²) < 4.78 is 0. The van der Waals surface area contributed by atoms with Gasteiger partial charge >= 0.3 is 0 Å².